The minimum Gasteiger partial charge on any atom is -0.368 e. The summed E-state index contributed by atoms with van der Waals surface area (Å²) in [6.45, 7) is 4.21. The molecule has 2 nitrogen and oxygen atoms in total. The molecule has 1 heterocycles. The molecule has 0 amide bonds. The van der Waals surface area contributed by atoms with Gasteiger partial charge in [0.2, 0.25) is 0 Å². The molecule has 1 N–H and O–H groups in total. The predicted molar refractivity (Wildman–Crippen MR) is 59.2 cm³/mol. The molecule has 0 radical (unpaired) electrons. The summed E-state index contributed by atoms with van der Waals surface area (Å²) >= 11 is 0. The molecule has 2 heteroatoms. The zero-order valence-corrected chi connectivity index (χ0v) is 9.26. The smallest absolute Gasteiger partial charge is 0.158 e. The van der Waals surface area contributed by atoms with E-state index in [2.05, 4.69) is 19.1 Å². The summed E-state index contributed by atoms with van der Waals surface area (Å²) < 4.78 is 5.61. The van der Waals surface area contributed by atoms with E-state index >= 15 is 0 Å². The van der Waals surface area contributed by atoms with Gasteiger partial charge in [-0.15, -0.1) is 0 Å². The van der Waals surface area contributed by atoms with Gasteiger partial charge in [-0.3, -0.25) is 0 Å². The summed E-state index contributed by atoms with van der Waals surface area (Å²) in [4.78, 5) is 0. The van der Waals surface area contributed by atoms with E-state index in [1.165, 1.54) is 0 Å². The lowest BCUT2D eigenvalue weighted by Gasteiger charge is -2.36. The fraction of sp³-hybridized carbons (Fsp3) is 0.538. The maximum Gasteiger partial charge on any atom is 0.158 e. The topological polar surface area (TPSA) is 29.5 Å². The van der Waals surface area contributed by atoms with Crippen molar-refractivity contribution in [1.82, 2.24) is 0 Å². The van der Waals surface area contributed by atoms with Crippen LogP contribution in [0.25, 0.3) is 0 Å². The largest absolute Gasteiger partial charge is 0.368 e. The SMILES string of the molecule is C[C@@H]1C(O)O[C@@H](c2ccccc2)C[C@@H]1C. The summed E-state index contributed by atoms with van der Waals surface area (Å²) in [7, 11) is 0. The normalized spacial score (nSPS) is 36.5. The molecule has 1 aromatic carbocycles. The third-order valence-electron chi connectivity index (χ3n) is 3.41. The quantitative estimate of drug-likeness (QED) is 0.765. The zero-order chi connectivity index (χ0) is 10.8. The van der Waals surface area contributed by atoms with Gasteiger partial charge in [-0.25, -0.2) is 0 Å². The molecule has 0 bridgehead atoms. The van der Waals surface area contributed by atoms with Crippen LogP contribution in [0.5, 0.6) is 0 Å². The fourth-order valence-electron chi connectivity index (χ4n) is 2.06. The van der Waals surface area contributed by atoms with Crippen molar-refractivity contribution in [3.05, 3.63) is 35.9 Å². The molecule has 1 aliphatic heterocycles. The van der Waals surface area contributed by atoms with E-state index in [4.69, 9.17) is 4.74 Å². The molecule has 1 aromatic rings. The molecule has 4 atom stereocenters. The molecule has 0 spiro atoms. The van der Waals surface area contributed by atoms with E-state index in [9.17, 15) is 5.11 Å². The van der Waals surface area contributed by atoms with Gasteiger partial charge in [-0.1, -0.05) is 44.2 Å². The predicted octanol–water partition coefficient (Wildman–Crippen LogP) is 2.74. The van der Waals surface area contributed by atoms with Crippen molar-refractivity contribution in [2.45, 2.75) is 32.7 Å². The lowest BCUT2D eigenvalue weighted by Crippen LogP contribution is -2.34. The van der Waals surface area contributed by atoms with Gasteiger partial charge < -0.3 is 9.84 Å². The molecule has 2 rings (SSSR count). The Labute approximate surface area is 90.9 Å². The third kappa shape index (κ3) is 2.21. The molecule has 1 unspecified atom stereocenters. The van der Waals surface area contributed by atoms with Crippen LogP contribution in [0, 0.1) is 11.8 Å². The summed E-state index contributed by atoms with van der Waals surface area (Å²) in [6, 6.07) is 10.1. The van der Waals surface area contributed by atoms with Gasteiger partial charge in [0.25, 0.3) is 0 Å². The molecule has 82 valence electrons. The molecule has 1 fully saturated rings. The van der Waals surface area contributed by atoms with E-state index in [0.717, 1.165) is 12.0 Å². The number of ether oxygens (including phenoxy) is 1. The van der Waals surface area contributed by atoms with Crippen molar-refractivity contribution in [3.8, 4) is 0 Å². The van der Waals surface area contributed by atoms with Gasteiger partial charge in [-0.2, -0.15) is 0 Å². The van der Waals surface area contributed by atoms with Gasteiger partial charge in [0.1, 0.15) is 0 Å². The minimum absolute atomic E-state index is 0.0485. The highest BCUT2D eigenvalue weighted by Gasteiger charge is 2.32. The molecule has 15 heavy (non-hydrogen) atoms. The van der Waals surface area contributed by atoms with Crippen molar-refractivity contribution in [3.63, 3.8) is 0 Å². The lowest BCUT2D eigenvalue weighted by molar-refractivity contribution is -0.207. The van der Waals surface area contributed by atoms with E-state index in [1.54, 1.807) is 0 Å². The van der Waals surface area contributed by atoms with Gasteiger partial charge in [0, 0.05) is 5.92 Å². The summed E-state index contributed by atoms with van der Waals surface area (Å²) in [6.07, 6.45) is 0.411. The van der Waals surface area contributed by atoms with E-state index in [-0.39, 0.29) is 12.0 Å². The maximum absolute atomic E-state index is 9.76. The van der Waals surface area contributed by atoms with E-state index < -0.39 is 6.29 Å². The maximum atomic E-state index is 9.76. The average molecular weight is 206 g/mol. The second-order valence-corrected chi connectivity index (χ2v) is 4.50. The van der Waals surface area contributed by atoms with Crippen LogP contribution in [0.2, 0.25) is 0 Å². The molecule has 1 saturated heterocycles. The van der Waals surface area contributed by atoms with Crippen molar-refractivity contribution < 1.29 is 9.84 Å². The summed E-state index contributed by atoms with van der Waals surface area (Å²) in [5, 5.41) is 9.76. The Hall–Kier alpha value is -0.860. The monoisotopic (exact) mass is 206 g/mol. The highest BCUT2D eigenvalue weighted by molar-refractivity contribution is 5.18. The van der Waals surface area contributed by atoms with Crippen molar-refractivity contribution in [1.29, 1.82) is 0 Å². The minimum atomic E-state index is -0.626. The molecular formula is C13H18O2. The van der Waals surface area contributed by atoms with Crippen molar-refractivity contribution in [2.24, 2.45) is 11.8 Å². The van der Waals surface area contributed by atoms with E-state index in [1.807, 2.05) is 25.1 Å². The Morgan fingerprint density at radius 1 is 1.20 bits per heavy atom. The Balaban J connectivity index is 2.13. The van der Waals surface area contributed by atoms with Gasteiger partial charge >= 0.3 is 0 Å². The standard InChI is InChI=1S/C13H18O2/c1-9-8-12(15-13(14)10(9)2)11-6-4-3-5-7-11/h3-7,9-10,12-14H,8H2,1-2H3/t9-,10-,12+,13?/m0/s1. The van der Waals surface area contributed by atoms with Gasteiger partial charge in [0.05, 0.1) is 6.10 Å². The second-order valence-electron chi connectivity index (χ2n) is 4.50. The van der Waals surface area contributed by atoms with Crippen molar-refractivity contribution in [2.75, 3.05) is 0 Å². The van der Waals surface area contributed by atoms with Crippen LogP contribution >= 0.6 is 0 Å². The van der Waals surface area contributed by atoms with Crippen LogP contribution in [0.4, 0.5) is 0 Å². The second kappa shape index (κ2) is 4.33. The number of benzene rings is 1. The first-order valence-electron chi connectivity index (χ1n) is 5.57. The molecule has 1 aliphatic rings. The first-order chi connectivity index (χ1) is 7.18. The molecule has 0 aliphatic carbocycles. The lowest BCUT2D eigenvalue weighted by atomic mass is 9.85. The number of aliphatic hydroxyl groups excluding tert-OH is 1. The zero-order valence-electron chi connectivity index (χ0n) is 9.26. The molecular weight excluding hydrogens is 188 g/mol. The Kier molecular flexibility index (Phi) is 3.08. The number of hydrogen-bond acceptors (Lipinski definition) is 2. The van der Waals surface area contributed by atoms with Crippen LogP contribution < -0.4 is 0 Å². The Morgan fingerprint density at radius 2 is 1.87 bits per heavy atom. The van der Waals surface area contributed by atoms with Gasteiger partial charge in [0.15, 0.2) is 6.29 Å². The molecule has 0 saturated carbocycles. The van der Waals surface area contributed by atoms with Crippen molar-refractivity contribution >= 4 is 0 Å². The first kappa shape index (κ1) is 10.7. The fourth-order valence-corrected chi connectivity index (χ4v) is 2.06. The van der Waals surface area contributed by atoms with E-state index in [0.29, 0.717) is 5.92 Å². The Morgan fingerprint density at radius 3 is 2.47 bits per heavy atom. The average Bonchev–Trinajstić information content (AvgIpc) is 2.26. The van der Waals surface area contributed by atoms with Crippen LogP contribution in [-0.2, 0) is 4.74 Å². The summed E-state index contributed by atoms with van der Waals surface area (Å²) in [5.74, 6) is 0.726. The van der Waals surface area contributed by atoms with Crippen LogP contribution in [-0.4, -0.2) is 11.4 Å². The summed E-state index contributed by atoms with van der Waals surface area (Å²) in [5.41, 5.74) is 1.16. The van der Waals surface area contributed by atoms with Crippen LogP contribution in [0.1, 0.15) is 31.9 Å². The number of rotatable bonds is 1. The third-order valence-corrected chi connectivity index (χ3v) is 3.41. The molecule has 0 aromatic heterocycles. The number of aliphatic hydroxyl groups is 1. The highest BCUT2D eigenvalue weighted by atomic mass is 16.6. The Bertz CT molecular complexity index is 298. The van der Waals surface area contributed by atoms with Gasteiger partial charge in [-0.05, 0) is 17.9 Å². The van der Waals surface area contributed by atoms with Crippen LogP contribution in [0.3, 0.4) is 0 Å². The van der Waals surface area contributed by atoms with Crippen LogP contribution in [0.15, 0.2) is 30.3 Å². The first-order valence-corrected chi connectivity index (χ1v) is 5.57. The number of hydrogen-bond donors (Lipinski definition) is 1. The highest BCUT2D eigenvalue weighted by Crippen LogP contribution is 2.36.